The third kappa shape index (κ3) is 2.73. The highest BCUT2D eigenvalue weighted by molar-refractivity contribution is 5.48. The van der Waals surface area contributed by atoms with Gasteiger partial charge >= 0.3 is 0 Å². The van der Waals surface area contributed by atoms with E-state index in [2.05, 4.69) is 71.9 Å². The van der Waals surface area contributed by atoms with E-state index in [4.69, 9.17) is 9.47 Å². The standard InChI is InChI=1S/C23H32O2/c1-13(2)15(5)16-7-9-17(10-8-16)25-22(24-14(3)4)23(6)12-19-18-11-20(23)21(18)19/h7-11,13-15,19-22H,12H2,1-6H3. The van der Waals surface area contributed by atoms with Crippen LogP contribution in [0.25, 0.3) is 0 Å². The van der Waals surface area contributed by atoms with Crippen LogP contribution in [0.4, 0.5) is 0 Å². The van der Waals surface area contributed by atoms with Gasteiger partial charge in [0.05, 0.1) is 6.10 Å². The Labute approximate surface area is 152 Å². The fourth-order valence-corrected chi connectivity index (χ4v) is 4.88. The Bertz CT molecular complexity index is 666. The predicted octanol–water partition coefficient (Wildman–Crippen LogP) is 5.79. The molecule has 3 aliphatic carbocycles. The number of allylic oxidation sites excluding steroid dienone is 2. The molecule has 0 spiro atoms. The zero-order valence-electron chi connectivity index (χ0n) is 16.5. The van der Waals surface area contributed by atoms with Crippen molar-refractivity contribution in [2.45, 2.75) is 66.3 Å². The number of benzene rings is 1. The average molecular weight is 341 g/mol. The summed E-state index contributed by atoms with van der Waals surface area (Å²) in [6, 6.07) is 8.66. The molecule has 4 rings (SSSR count). The lowest BCUT2D eigenvalue weighted by Crippen LogP contribution is -2.45. The Morgan fingerprint density at radius 3 is 2.20 bits per heavy atom. The zero-order chi connectivity index (χ0) is 17.9. The van der Waals surface area contributed by atoms with Crippen LogP contribution in [0.5, 0.6) is 5.75 Å². The Morgan fingerprint density at radius 2 is 1.72 bits per heavy atom. The minimum atomic E-state index is -0.170. The van der Waals surface area contributed by atoms with Crippen LogP contribution in [0.1, 0.15) is 59.4 Å². The Hall–Kier alpha value is -1.28. The van der Waals surface area contributed by atoms with Gasteiger partial charge in [0.2, 0.25) is 6.29 Å². The molecule has 25 heavy (non-hydrogen) atoms. The highest BCUT2D eigenvalue weighted by Crippen LogP contribution is 2.75. The highest BCUT2D eigenvalue weighted by Gasteiger charge is 2.70. The van der Waals surface area contributed by atoms with Gasteiger partial charge in [0.1, 0.15) is 5.75 Å². The van der Waals surface area contributed by atoms with Gasteiger partial charge in [-0.3, -0.25) is 0 Å². The lowest BCUT2D eigenvalue weighted by atomic mass is 9.69. The van der Waals surface area contributed by atoms with Crippen molar-refractivity contribution >= 4 is 0 Å². The quantitative estimate of drug-likeness (QED) is 0.462. The van der Waals surface area contributed by atoms with Crippen molar-refractivity contribution < 1.29 is 9.47 Å². The predicted molar refractivity (Wildman–Crippen MR) is 102 cm³/mol. The molecule has 2 heteroatoms. The van der Waals surface area contributed by atoms with Gasteiger partial charge in [0.15, 0.2) is 0 Å². The molecule has 6 atom stereocenters. The summed E-state index contributed by atoms with van der Waals surface area (Å²) < 4.78 is 12.7. The first-order valence-electron chi connectivity index (χ1n) is 9.95. The van der Waals surface area contributed by atoms with E-state index in [1.54, 1.807) is 5.57 Å². The van der Waals surface area contributed by atoms with Crippen molar-refractivity contribution in [2.24, 2.45) is 29.1 Å². The molecule has 0 heterocycles. The van der Waals surface area contributed by atoms with Gasteiger partial charge in [-0.05, 0) is 67.6 Å². The molecule has 0 amide bonds. The van der Waals surface area contributed by atoms with Crippen LogP contribution in [-0.2, 0) is 4.74 Å². The number of hydrogen-bond acceptors (Lipinski definition) is 2. The van der Waals surface area contributed by atoms with Crippen molar-refractivity contribution in [2.75, 3.05) is 0 Å². The molecule has 1 aromatic carbocycles. The first-order valence-corrected chi connectivity index (χ1v) is 9.95. The maximum atomic E-state index is 6.42. The van der Waals surface area contributed by atoms with Crippen molar-refractivity contribution in [3.8, 4) is 5.75 Å². The van der Waals surface area contributed by atoms with Crippen molar-refractivity contribution in [1.29, 1.82) is 0 Å². The summed E-state index contributed by atoms with van der Waals surface area (Å²) in [6.45, 7) is 13.4. The van der Waals surface area contributed by atoms with Crippen LogP contribution in [0.15, 0.2) is 35.9 Å². The summed E-state index contributed by atoms with van der Waals surface area (Å²) in [5, 5.41) is 0. The van der Waals surface area contributed by atoms with E-state index in [0.717, 1.165) is 17.6 Å². The second-order valence-corrected chi connectivity index (χ2v) is 9.27. The van der Waals surface area contributed by atoms with E-state index < -0.39 is 0 Å². The van der Waals surface area contributed by atoms with E-state index >= 15 is 0 Å². The second-order valence-electron chi connectivity index (χ2n) is 9.27. The topological polar surface area (TPSA) is 18.5 Å². The summed E-state index contributed by atoms with van der Waals surface area (Å²) in [6.07, 6.45) is 3.69. The largest absolute Gasteiger partial charge is 0.464 e. The van der Waals surface area contributed by atoms with Crippen molar-refractivity contribution in [3.63, 3.8) is 0 Å². The summed E-state index contributed by atoms with van der Waals surface area (Å²) >= 11 is 0. The smallest absolute Gasteiger partial charge is 0.206 e. The number of fused-ring (bicyclic) bond motifs is 1. The second kappa shape index (κ2) is 5.87. The molecule has 3 aliphatic rings. The van der Waals surface area contributed by atoms with Crippen LogP contribution in [0.2, 0.25) is 0 Å². The van der Waals surface area contributed by atoms with Gasteiger partial charge in [-0.1, -0.05) is 51.5 Å². The summed E-state index contributed by atoms with van der Waals surface area (Å²) in [4.78, 5) is 0. The maximum Gasteiger partial charge on any atom is 0.206 e. The molecule has 2 fully saturated rings. The van der Waals surface area contributed by atoms with Gasteiger partial charge < -0.3 is 9.47 Å². The Morgan fingerprint density at radius 1 is 1.04 bits per heavy atom. The monoisotopic (exact) mass is 340 g/mol. The molecule has 136 valence electrons. The van der Waals surface area contributed by atoms with Gasteiger partial charge in [0, 0.05) is 5.41 Å². The van der Waals surface area contributed by atoms with Crippen LogP contribution >= 0.6 is 0 Å². The number of hydrogen-bond donors (Lipinski definition) is 0. The van der Waals surface area contributed by atoms with Crippen LogP contribution in [0.3, 0.4) is 0 Å². The molecule has 0 radical (unpaired) electrons. The summed E-state index contributed by atoms with van der Waals surface area (Å²) in [5.74, 6) is 4.46. The molecule has 0 bridgehead atoms. The van der Waals surface area contributed by atoms with Gasteiger partial charge in [-0.25, -0.2) is 0 Å². The molecular weight excluding hydrogens is 308 g/mol. The molecule has 2 saturated carbocycles. The van der Waals surface area contributed by atoms with Gasteiger partial charge in [-0.2, -0.15) is 0 Å². The zero-order valence-corrected chi connectivity index (χ0v) is 16.5. The van der Waals surface area contributed by atoms with E-state index in [0.29, 0.717) is 17.8 Å². The van der Waals surface area contributed by atoms with E-state index in [9.17, 15) is 0 Å². The molecule has 2 nitrogen and oxygen atoms in total. The van der Waals surface area contributed by atoms with Gasteiger partial charge in [-0.15, -0.1) is 0 Å². The summed E-state index contributed by atoms with van der Waals surface area (Å²) in [5.41, 5.74) is 3.19. The fraction of sp³-hybridized carbons (Fsp3) is 0.652. The number of rotatable bonds is 7. The Kier molecular flexibility index (Phi) is 4.03. The molecule has 0 aliphatic heterocycles. The molecule has 0 saturated heterocycles. The van der Waals surface area contributed by atoms with E-state index in [1.165, 1.54) is 12.0 Å². The first-order chi connectivity index (χ1) is 11.8. The van der Waals surface area contributed by atoms with Gasteiger partial charge in [0.25, 0.3) is 0 Å². The van der Waals surface area contributed by atoms with E-state index in [1.807, 2.05) is 0 Å². The lowest BCUT2D eigenvalue weighted by molar-refractivity contribution is -0.184. The normalized spacial score (nSPS) is 34.4. The molecular formula is C23H32O2. The van der Waals surface area contributed by atoms with Crippen LogP contribution in [0, 0.1) is 29.1 Å². The van der Waals surface area contributed by atoms with Crippen molar-refractivity contribution in [3.05, 3.63) is 41.5 Å². The van der Waals surface area contributed by atoms with Crippen LogP contribution < -0.4 is 4.74 Å². The minimum Gasteiger partial charge on any atom is -0.464 e. The summed E-state index contributed by atoms with van der Waals surface area (Å²) in [7, 11) is 0. The minimum absolute atomic E-state index is 0.102. The SMILES string of the molecule is CC(C)OC(Oc1ccc(C(C)C(C)C)cc1)C1(C)CC2C3=CC1C32. The third-order valence-electron chi connectivity index (χ3n) is 6.90. The molecule has 1 aromatic rings. The lowest BCUT2D eigenvalue weighted by Gasteiger charge is -2.43. The molecule has 6 unspecified atom stereocenters. The van der Waals surface area contributed by atoms with E-state index in [-0.39, 0.29) is 17.8 Å². The van der Waals surface area contributed by atoms with Crippen LogP contribution in [-0.4, -0.2) is 12.4 Å². The molecule has 0 N–H and O–H groups in total. The first kappa shape index (κ1) is 17.1. The fourth-order valence-electron chi connectivity index (χ4n) is 4.88. The number of ether oxygens (including phenoxy) is 2. The third-order valence-corrected chi connectivity index (χ3v) is 6.90. The molecule has 0 aromatic heterocycles. The average Bonchev–Trinajstić information content (AvgIpc) is 2.97. The highest BCUT2D eigenvalue weighted by atomic mass is 16.7. The Balaban J connectivity index is 1.50. The maximum absolute atomic E-state index is 6.42. The van der Waals surface area contributed by atoms with Crippen molar-refractivity contribution in [1.82, 2.24) is 0 Å².